The van der Waals surface area contributed by atoms with Gasteiger partial charge in [-0.25, -0.2) is 0 Å². The van der Waals surface area contributed by atoms with Gasteiger partial charge in [0.25, 0.3) is 6.01 Å². The lowest BCUT2D eigenvalue weighted by molar-refractivity contribution is -0.158. The number of rotatable bonds is 7. The smallest absolute Gasteiger partial charge is 0.309 e. The summed E-state index contributed by atoms with van der Waals surface area (Å²) in [6.45, 7) is 10.1. The van der Waals surface area contributed by atoms with Gasteiger partial charge in [0.15, 0.2) is 5.58 Å². The average molecular weight is 572 g/mol. The van der Waals surface area contributed by atoms with Crippen LogP contribution in [0.25, 0.3) is 11.1 Å². The quantitative estimate of drug-likeness (QED) is 0.316. The molecule has 9 heteroatoms. The number of hydrogen-bond donors (Lipinski definition) is 2. The van der Waals surface area contributed by atoms with Crippen LogP contribution >= 0.6 is 23.2 Å². The Morgan fingerprint density at radius 2 is 1.95 bits per heavy atom. The number of nitrogens with one attached hydrogen (secondary N) is 1. The van der Waals surface area contributed by atoms with E-state index in [0.717, 1.165) is 66.9 Å². The van der Waals surface area contributed by atoms with Gasteiger partial charge in [0.2, 0.25) is 0 Å². The maximum atomic E-state index is 11.5. The summed E-state index contributed by atoms with van der Waals surface area (Å²) in [5.74, 6) is 0.595. The van der Waals surface area contributed by atoms with Gasteiger partial charge in [-0.3, -0.25) is 4.79 Å². The van der Waals surface area contributed by atoms with E-state index in [2.05, 4.69) is 41.1 Å². The van der Waals surface area contributed by atoms with Crippen molar-refractivity contribution in [1.82, 2.24) is 9.88 Å². The maximum Gasteiger partial charge on any atom is 0.309 e. The van der Waals surface area contributed by atoms with E-state index in [1.54, 1.807) is 6.07 Å². The number of likely N-dealkylation sites (tertiary alicyclic amines) is 1. The minimum atomic E-state index is -0.655. The van der Waals surface area contributed by atoms with Crippen molar-refractivity contribution < 1.29 is 14.3 Å². The molecule has 0 unspecified atom stereocenters. The van der Waals surface area contributed by atoms with Gasteiger partial charge in [-0.1, -0.05) is 29.3 Å². The Morgan fingerprint density at radius 3 is 2.67 bits per heavy atom. The molecule has 2 aromatic carbocycles. The number of oxazole rings is 1. The number of nitrogens with zero attached hydrogens (tertiary/aromatic N) is 3. The molecule has 7 nitrogen and oxygen atoms in total. The standard InChI is InChI=1S/C30H36Cl2N4O3/c1-17-9-25(33-18(2)23-7-6-21(31)11-24(23)32)27-26(10-17)34-29(39-27)36-15-20(16-36)19-5-4-8-35(14-19)22-12-30(3,13-22)28(37)38/h6-7,9-11,18-20,22,33H,4-5,8,12-16H2,1-3H3,(H,37,38)/t18-,19+,22?,30?/m1/s1. The minimum Gasteiger partial charge on any atom is -0.481 e. The van der Waals surface area contributed by atoms with Gasteiger partial charge in [-0.2, -0.15) is 4.98 Å². The molecule has 39 heavy (non-hydrogen) atoms. The SMILES string of the molecule is Cc1cc(N[C@H](C)c2ccc(Cl)cc2Cl)c2oc(N3CC([C@H]4CCCN(C5CC(C)(C(=O)O)C5)C4)C3)nc2c1. The van der Waals surface area contributed by atoms with Crippen molar-refractivity contribution in [3.8, 4) is 0 Å². The summed E-state index contributed by atoms with van der Waals surface area (Å²) in [4.78, 5) is 21.2. The van der Waals surface area contributed by atoms with Crippen molar-refractivity contribution >= 4 is 52.0 Å². The third kappa shape index (κ3) is 5.09. The Labute approximate surface area is 239 Å². The molecular weight excluding hydrogens is 535 g/mol. The van der Waals surface area contributed by atoms with E-state index in [9.17, 15) is 9.90 Å². The predicted octanol–water partition coefficient (Wildman–Crippen LogP) is 7.02. The van der Waals surface area contributed by atoms with Gasteiger partial charge in [0.1, 0.15) is 5.52 Å². The molecule has 3 aromatic rings. The van der Waals surface area contributed by atoms with Gasteiger partial charge >= 0.3 is 5.97 Å². The highest BCUT2D eigenvalue weighted by Gasteiger charge is 2.49. The molecule has 1 saturated carbocycles. The number of aromatic nitrogens is 1. The third-order valence-corrected chi connectivity index (χ3v) is 9.73. The number of fused-ring (bicyclic) bond motifs is 1. The van der Waals surface area contributed by atoms with Crippen LogP contribution in [0.3, 0.4) is 0 Å². The van der Waals surface area contributed by atoms with Gasteiger partial charge in [0, 0.05) is 35.7 Å². The number of carbonyl (C=O) groups is 1. The normalized spacial score (nSPS) is 26.7. The number of hydrogen-bond acceptors (Lipinski definition) is 6. The number of benzene rings is 2. The number of anilines is 2. The summed E-state index contributed by atoms with van der Waals surface area (Å²) in [6.07, 6.45) is 3.97. The zero-order valence-electron chi connectivity index (χ0n) is 22.7. The van der Waals surface area contributed by atoms with Crippen molar-refractivity contribution in [3.63, 3.8) is 0 Å². The van der Waals surface area contributed by atoms with E-state index in [0.29, 0.717) is 33.9 Å². The topological polar surface area (TPSA) is 81.8 Å². The number of aliphatic carboxylic acids is 1. The summed E-state index contributed by atoms with van der Waals surface area (Å²) in [6, 6.07) is 10.8. The van der Waals surface area contributed by atoms with Crippen molar-refractivity contribution in [1.29, 1.82) is 0 Å². The zero-order chi connectivity index (χ0) is 27.5. The van der Waals surface area contributed by atoms with Crippen LogP contribution in [0.5, 0.6) is 0 Å². The monoisotopic (exact) mass is 570 g/mol. The summed E-state index contributed by atoms with van der Waals surface area (Å²) < 4.78 is 6.34. The van der Waals surface area contributed by atoms with Crippen LogP contribution in [0.4, 0.5) is 11.7 Å². The highest BCUT2D eigenvalue weighted by atomic mass is 35.5. The number of piperidine rings is 1. The van der Waals surface area contributed by atoms with Gasteiger partial charge in [-0.15, -0.1) is 0 Å². The lowest BCUT2D eigenvalue weighted by Crippen LogP contribution is -2.58. The van der Waals surface area contributed by atoms with E-state index >= 15 is 0 Å². The second-order valence-corrected chi connectivity index (χ2v) is 13.0. The molecule has 2 atom stereocenters. The van der Waals surface area contributed by atoms with Crippen molar-refractivity contribution in [3.05, 3.63) is 51.5 Å². The molecule has 0 radical (unpaired) electrons. The number of carboxylic acids is 1. The molecule has 2 saturated heterocycles. The van der Waals surface area contributed by atoms with Crippen LogP contribution in [-0.2, 0) is 4.79 Å². The summed E-state index contributed by atoms with van der Waals surface area (Å²) in [5, 5.41) is 14.3. The molecule has 208 valence electrons. The Kier molecular flexibility index (Phi) is 6.97. The largest absolute Gasteiger partial charge is 0.481 e. The Morgan fingerprint density at radius 1 is 1.18 bits per heavy atom. The van der Waals surface area contributed by atoms with E-state index in [-0.39, 0.29) is 6.04 Å². The van der Waals surface area contributed by atoms with Crippen LogP contribution in [-0.4, -0.2) is 53.2 Å². The highest BCUT2D eigenvalue weighted by molar-refractivity contribution is 6.35. The first kappa shape index (κ1) is 26.7. The van der Waals surface area contributed by atoms with Crippen molar-refractivity contribution in [2.45, 2.75) is 58.5 Å². The average Bonchev–Trinajstić information content (AvgIpc) is 3.24. The molecule has 3 heterocycles. The number of carboxylic acid groups (broad SMARTS) is 1. The van der Waals surface area contributed by atoms with Gasteiger partial charge in [0.05, 0.1) is 17.1 Å². The molecule has 0 spiro atoms. The molecule has 2 aliphatic heterocycles. The first-order valence-electron chi connectivity index (χ1n) is 13.9. The molecule has 6 rings (SSSR count). The molecule has 0 amide bonds. The van der Waals surface area contributed by atoms with Crippen LogP contribution in [0.1, 0.15) is 56.7 Å². The van der Waals surface area contributed by atoms with Crippen molar-refractivity contribution in [2.24, 2.45) is 17.3 Å². The van der Waals surface area contributed by atoms with Crippen molar-refractivity contribution in [2.75, 3.05) is 36.4 Å². The lowest BCUT2D eigenvalue weighted by Gasteiger charge is -2.52. The second kappa shape index (κ2) is 10.2. The molecule has 0 bridgehead atoms. The molecule has 3 fully saturated rings. The Hall–Kier alpha value is -2.48. The second-order valence-electron chi connectivity index (χ2n) is 12.2. The van der Waals surface area contributed by atoms with Gasteiger partial charge in [-0.05, 0) is 100 Å². The van der Waals surface area contributed by atoms with Gasteiger partial charge < -0.3 is 24.6 Å². The molecule has 1 aromatic heterocycles. The molecule has 2 N–H and O–H groups in total. The minimum absolute atomic E-state index is 0.0417. The van der Waals surface area contributed by atoms with Crippen LogP contribution in [0.15, 0.2) is 34.7 Å². The van der Waals surface area contributed by atoms with E-state index in [1.165, 1.54) is 12.8 Å². The molecular formula is C30H36Cl2N4O3. The molecule has 3 aliphatic rings. The fourth-order valence-corrected chi connectivity index (χ4v) is 7.28. The Bertz CT molecular complexity index is 1400. The van der Waals surface area contributed by atoms with Crippen LogP contribution in [0.2, 0.25) is 10.0 Å². The number of aryl methyl sites for hydroxylation is 1. The maximum absolute atomic E-state index is 11.5. The first-order valence-corrected chi connectivity index (χ1v) is 14.7. The summed E-state index contributed by atoms with van der Waals surface area (Å²) >= 11 is 12.5. The van der Waals surface area contributed by atoms with E-state index in [4.69, 9.17) is 32.6 Å². The number of halogens is 2. The van der Waals surface area contributed by atoms with Crippen LogP contribution < -0.4 is 10.2 Å². The zero-order valence-corrected chi connectivity index (χ0v) is 24.2. The summed E-state index contributed by atoms with van der Waals surface area (Å²) in [7, 11) is 0. The van der Waals surface area contributed by atoms with Crippen LogP contribution in [0, 0.1) is 24.2 Å². The molecule has 1 aliphatic carbocycles. The Balaban J connectivity index is 1.11. The highest BCUT2D eigenvalue weighted by Crippen LogP contribution is 2.45. The predicted molar refractivity (Wildman–Crippen MR) is 156 cm³/mol. The fourth-order valence-electron chi connectivity index (χ4n) is 6.70. The lowest BCUT2D eigenvalue weighted by atomic mass is 9.65. The third-order valence-electron chi connectivity index (χ3n) is 9.17. The summed E-state index contributed by atoms with van der Waals surface area (Å²) in [5.41, 5.74) is 4.04. The first-order chi connectivity index (χ1) is 18.6. The fraction of sp³-hybridized carbons (Fsp3) is 0.533. The van der Waals surface area contributed by atoms with E-state index < -0.39 is 11.4 Å². The van der Waals surface area contributed by atoms with E-state index in [1.807, 2.05) is 19.1 Å².